The van der Waals surface area contributed by atoms with Gasteiger partial charge in [-0.25, -0.2) is 8.78 Å². The number of hydrogen-bond donors (Lipinski definition) is 1. The van der Waals surface area contributed by atoms with Crippen molar-refractivity contribution in [3.63, 3.8) is 0 Å². The Morgan fingerprint density at radius 3 is 2.31 bits per heavy atom. The lowest BCUT2D eigenvalue weighted by atomic mass is 10.1. The van der Waals surface area contributed by atoms with Crippen LogP contribution in [0, 0.1) is 0 Å². The minimum Gasteiger partial charge on any atom is -0.493 e. The summed E-state index contributed by atoms with van der Waals surface area (Å²) < 4.78 is 35.7. The summed E-state index contributed by atoms with van der Waals surface area (Å²) in [6, 6.07) is 3.85. The molecule has 0 saturated heterocycles. The van der Waals surface area contributed by atoms with Crippen molar-refractivity contribution in [2.24, 2.45) is 0 Å². The highest BCUT2D eigenvalue weighted by Gasteiger charge is 2.25. The number of para-hydroxylation sites is 1. The van der Waals surface area contributed by atoms with E-state index >= 15 is 0 Å². The van der Waals surface area contributed by atoms with Crippen molar-refractivity contribution in [1.82, 2.24) is 5.32 Å². The van der Waals surface area contributed by atoms with Crippen LogP contribution in [0.15, 0.2) is 18.2 Å². The van der Waals surface area contributed by atoms with E-state index in [1.807, 2.05) is 0 Å². The molecule has 0 heterocycles. The van der Waals surface area contributed by atoms with E-state index in [-0.39, 0.29) is 0 Å². The van der Waals surface area contributed by atoms with E-state index in [1.54, 1.807) is 18.2 Å². The van der Waals surface area contributed by atoms with Crippen LogP contribution >= 0.6 is 0 Å². The predicted molar refractivity (Wildman–Crippen MR) is 57.4 cm³/mol. The van der Waals surface area contributed by atoms with Crippen LogP contribution in [0.5, 0.6) is 11.5 Å². The molecular formula is C11H15F2NO2. The summed E-state index contributed by atoms with van der Waals surface area (Å²) >= 11 is 0. The van der Waals surface area contributed by atoms with Gasteiger partial charge in [-0.1, -0.05) is 12.1 Å². The van der Waals surface area contributed by atoms with Crippen LogP contribution in [0.3, 0.4) is 0 Å². The minimum atomic E-state index is -2.51. The van der Waals surface area contributed by atoms with Gasteiger partial charge in [0.2, 0.25) is 0 Å². The third kappa shape index (κ3) is 2.41. The molecule has 3 nitrogen and oxygen atoms in total. The average Bonchev–Trinajstić information content (AvgIpc) is 2.29. The topological polar surface area (TPSA) is 30.5 Å². The van der Waals surface area contributed by atoms with Gasteiger partial charge in [-0.2, -0.15) is 0 Å². The van der Waals surface area contributed by atoms with E-state index in [0.717, 1.165) is 0 Å². The first-order valence-electron chi connectivity index (χ1n) is 4.82. The molecule has 0 radical (unpaired) electrons. The summed E-state index contributed by atoms with van der Waals surface area (Å²) in [4.78, 5) is 0. The number of hydrogen-bond acceptors (Lipinski definition) is 3. The largest absolute Gasteiger partial charge is 0.493 e. The Hall–Kier alpha value is -1.36. The first-order chi connectivity index (χ1) is 7.65. The number of benzene rings is 1. The van der Waals surface area contributed by atoms with Crippen LogP contribution in [0.4, 0.5) is 8.78 Å². The quantitative estimate of drug-likeness (QED) is 0.843. The van der Waals surface area contributed by atoms with E-state index < -0.39 is 12.5 Å². The summed E-state index contributed by atoms with van der Waals surface area (Å²) in [5.41, 5.74) is 0.388. The molecule has 0 aliphatic heterocycles. The molecule has 1 N–H and O–H groups in total. The van der Waals surface area contributed by atoms with Crippen LogP contribution in [-0.4, -0.2) is 27.7 Å². The van der Waals surface area contributed by atoms with Crippen molar-refractivity contribution in [3.05, 3.63) is 23.8 Å². The van der Waals surface area contributed by atoms with Gasteiger partial charge in [0.1, 0.15) is 0 Å². The van der Waals surface area contributed by atoms with Gasteiger partial charge in [-0.15, -0.1) is 0 Å². The van der Waals surface area contributed by atoms with Crippen molar-refractivity contribution in [1.29, 1.82) is 0 Å². The smallest absolute Gasteiger partial charge is 0.257 e. The molecular weight excluding hydrogens is 216 g/mol. The van der Waals surface area contributed by atoms with Crippen molar-refractivity contribution >= 4 is 0 Å². The zero-order valence-electron chi connectivity index (χ0n) is 9.46. The van der Waals surface area contributed by atoms with Gasteiger partial charge in [0.25, 0.3) is 6.43 Å². The highest BCUT2D eigenvalue weighted by Crippen LogP contribution is 2.36. The second-order valence-electron chi connectivity index (χ2n) is 3.18. The maximum absolute atomic E-state index is 12.8. The average molecular weight is 231 g/mol. The van der Waals surface area contributed by atoms with Crippen LogP contribution in [0.1, 0.15) is 11.6 Å². The zero-order valence-corrected chi connectivity index (χ0v) is 9.46. The first-order valence-corrected chi connectivity index (χ1v) is 4.82. The molecule has 0 amide bonds. The molecule has 90 valence electrons. The van der Waals surface area contributed by atoms with Crippen LogP contribution in [0.2, 0.25) is 0 Å². The Morgan fingerprint density at radius 2 is 1.88 bits per heavy atom. The molecule has 0 saturated carbocycles. The van der Waals surface area contributed by atoms with E-state index in [0.29, 0.717) is 17.1 Å². The van der Waals surface area contributed by atoms with E-state index in [4.69, 9.17) is 9.47 Å². The second-order valence-corrected chi connectivity index (χ2v) is 3.18. The molecule has 1 atom stereocenters. The summed E-state index contributed by atoms with van der Waals surface area (Å²) in [6.45, 7) is 0. The molecule has 1 aromatic carbocycles. The standard InChI is InChI=1S/C11H15F2NO2/c1-14-9(11(12)13)7-5-4-6-8(15-2)10(7)16-3/h4-6,9,11,14H,1-3H3. The summed E-state index contributed by atoms with van der Waals surface area (Å²) in [5, 5.41) is 2.56. The third-order valence-electron chi connectivity index (χ3n) is 2.33. The summed E-state index contributed by atoms with van der Waals surface area (Å²) in [6.07, 6.45) is -2.51. The second kappa shape index (κ2) is 5.65. The molecule has 5 heteroatoms. The number of rotatable bonds is 5. The van der Waals surface area contributed by atoms with Gasteiger partial charge in [-0.3, -0.25) is 0 Å². The van der Waals surface area contributed by atoms with E-state index in [1.165, 1.54) is 21.3 Å². The monoisotopic (exact) mass is 231 g/mol. The fraction of sp³-hybridized carbons (Fsp3) is 0.455. The summed E-state index contributed by atoms with van der Waals surface area (Å²) in [7, 11) is 4.38. The third-order valence-corrected chi connectivity index (χ3v) is 2.33. The Kier molecular flexibility index (Phi) is 4.49. The molecule has 1 rings (SSSR count). The number of ether oxygens (including phenoxy) is 2. The predicted octanol–water partition coefficient (Wildman–Crippen LogP) is 2.23. The Labute approximate surface area is 93.4 Å². The SMILES string of the molecule is CNC(c1cccc(OC)c1OC)C(F)F. The van der Waals surface area contributed by atoms with Gasteiger partial charge in [0, 0.05) is 5.56 Å². The molecule has 0 spiro atoms. The Bertz CT molecular complexity index is 345. The molecule has 1 unspecified atom stereocenters. The van der Waals surface area contributed by atoms with Crippen molar-refractivity contribution in [2.75, 3.05) is 21.3 Å². The lowest BCUT2D eigenvalue weighted by Gasteiger charge is -2.19. The summed E-state index contributed by atoms with van der Waals surface area (Å²) in [5.74, 6) is 0.783. The molecule has 0 aromatic heterocycles. The lowest BCUT2D eigenvalue weighted by molar-refractivity contribution is 0.101. The number of nitrogens with one attached hydrogen (secondary N) is 1. The Balaban J connectivity index is 3.20. The Morgan fingerprint density at radius 1 is 1.19 bits per heavy atom. The first kappa shape index (κ1) is 12.7. The zero-order chi connectivity index (χ0) is 12.1. The van der Waals surface area contributed by atoms with Gasteiger partial charge >= 0.3 is 0 Å². The van der Waals surface area contributed by atoms with Gasteiger partial charge < -0.3 is 14.8 Å². The van der Waals surface area contributed by atoms with Gasteiger partial charge in [0.15, 0.2) is 11.5 Å². The maximum atomic E-state index is 12.8. The normalized spacial score (nSPS) is 12.6. The lowest BCUT2D eigenvalue weighted by Crippen LogP contribution is -2.24. The number of alkyl halides is 2. The molecule has 16 heavy (non-hydrogen) atoms. The van der Waals surface area contributed by atoms with E-state index in [2.05, 4.69) is 5.32 Å². The maximum Gasteiger partial charge on any atom is 0.257 e. The van der Waals surface area contributed by atoms with Gasteiger partial charge in [-0.05, 0) is 13.1 Å². The fourth-order valence-electron chi connectivity index (χ4n) is 1.57. The molecule has 1 aromatic rings. The molecule has 0 bridgehead atoms. The minimum absolute atomic E-state index is 0.338. The van der Waals surface area contributed by atoms with Crippen molar-refractivity contribution in [3.8, 4) is 11.5 Å². The highest BCUT2D eigenvalue weighted by molar-refractivity contribution is 5.48. The van der Waals surface area contributed by atoms with E-state index in [9.17, 15) is 8.78 Å². The molecule has 0 aliphatic rings. The molecule has 0 fully saturated rings. The molecule has 0 aliphatic carbocycles. The van der Waals surface area contributed by atoms with Gasteiger partial charge in [0.05, 0.1) is 20.3 Å². The van der Waals surface area contributed by atoms with Crippen LogP contribution in [0.25, 0.3) is 0 Å². The number of methoxy groups -OCH3 is 2. The van der Waals surface area contributed by atoms with Crippen LogP contribution < -0.4 is 14.8 Å². The number of halogens is 2. The fourth-order valence-corrected chi connectivity index (χ4v) is 1.57. The highest BCUT2D eigenvalue weighted by atomic mass is 19.3. The van der Waals surface area contributed by atoms with Crippen molar-refractivity contribution in [2.45, 2.75) is 12.5 Å². The van der Waals surface area contributed by atoms with Crippen molar-refractivity contribution < 1.29 is 18.3 Å². The van der Waals surface area contributed by atoms with Crippen LogP contribution in [-0.2, 0) is 0 Å².